The van der Waals surface area contributed by atoms with Crippen molar-refractivity contribution in [3.63, 3.8) is 0 Å². The fourth-order valence-electron chi connectivity index (χ4n) is 1.96. The maximum absolute atomic E-state index is 12.4. The van der Waals surface area contributed by atoms with Gasteiger partial charge in [0.1, 0.15) is 0 Å². The van der Waals surface area contributed by atoms with Crippen LogP contribution in [0.1, 0.15) is 5.56 Å². The van der Waals surface area contributed by atoms with Gasteiger partial charge in [-0.05, 0) is 49.9 Å². The zero-order valence-electron chi connectivity index (χ0n) is 12.7. The highest BCUT2D eigenvalue weighted by molar-refractivity contribution is 7.92. The van der Waals surface area contributed by atoms with Gasteiger partial charge < -0.3 is 0 Å². The summed E-state index contributed by atoms with van der Waals surface area (Å²) >= 11 is 11.6. The second kappa shape index (κ2) is 6.89. The largest absolute Gasteiger partial charge is 0.280 e. The topological polar surface area (TPSA) is 92.3 Å². The quantitative estimate of drug-likeness (QED) is 0.794. The molecule has 130 valence electrons. The lowest BCUT2D eigenvalue weighted by molar-refractivity contribution is 0.587. The van der Waals surface area contributed by atoms with Crippen molar-refractivity contribution in [1.29, 1.82) is 0 Å². The number of sulfonamides is 2. The maximum Gasteiger partial charge on any atom is 0.261 e. The molecule has 0 radical (unpaired) electrons. The van der Waals surface area contributed by atoms with E-state index in [1.165, 1.54) is 43.4 Å². The highest BCUT2D eigenvalue weighted by Gasteiger charge is 2.19. The molecule has 0 aromatic heterocycles. The molecule has 2 aromatic carbocycles. The normalized spacial score (nSPS) is 12.2. The zero-order chi connectivity index (χ0) is 18.1. The number of anilines is 1. The molecular weight excluding hydrogens is 395 g/mol. The van der Waals surface area contributed by atoms with Gasteiger partial charge in [-0.1, -0.05) is 29.3 Å². The maximum atomic E-state index is 12.4. The summed E-state index contributed by atoms with van der Waals surface area (Å²) < 4.78 is 53.3. The Morgan fingerprint density at radius 1 is 0.875 bits per heavy atom. The molecule has 0 atom stereocenters. The molecule has 0 aliphatic carbocycles. The Hall–Kier alpha value is -1.32. The Labute approximate surface area is 150 Å². The van der Waals surface area contributed by atoms with Crippen LogP contribution in [0.4, 0.5) is 5.69 Å². The Morgan fingerprint density at radius 2 is 1.46 bits per heavy atom. The minimum atomic E-state index is -3.97. The molecule has 2 N–H and O–H groups in total. The second-order valence-electron chi connectivity index (χ2n) is 4.90. The third-order valence-electron chi connectivity index (χ3n) is 3.14. The van der Waals surface area contributed by atoms with Crippen molar-refractivity contribution >= 4 is 48.9 Å². The Balaban J connectivity index is 2.46. The lowest BCUT2D eigenvalue weighted by Crippen LogP contribution is -2.20. The molecule has 0 aliphatic heterocycles. The van der Waals surface area contributed by atoms with E-state index in [1.807, 2.05) is 0 Å². The molecule has 0 heterocycles. The number of hydrogen-bond acceptors (Lipinski definition) is 4. The molecule has 10 heteroatoms. The zero-order valence-corrected chi connectivity index (χ0v) is 15.8. The molecule has 6 nitrogen and oxygen atoms in total. The summed E-state index contributed by atoms with van der Waals surface area (Å²) in [5, 5.41) is 0.343. The summed E-state index contributed by atoms with van der Waals surface area (Å²) in [4.78, 5) is -0.145. The fraction of sp³-hybridized carbons (Fsp3) is 0.143. The summed E-state index contributed by atoms with van der Waals surface area (Å²) in [7, 11) is -6.41. The third-order valence-corrected chi connectivity index (χ3v) is 6.50. The summed E-state index contributed by atoms with van der Waals surface area (Å²) in [6.45, 7) is 1.61. The molecule has 2 aromatic rings. The number of rotatable bonds is 5. The van der Waals surface area contributed by atoms with Gasteiger partial charge in [0.15, 0.2) is 0 Å². The predicted octanol–water partition coefficient (Wildman–Crippen LogP) is 3.01. The minimum Gasteiger partial charge on any atom is -0.280 e. The van der Waals surface area contributed by atoms with Crippen molar-refractivity contribution in [3.8, 4) is 0 Å². The van der Waals surface area contributed by atoms with Crippen LogP contribution in [-0.2, 0) is 20.0 Å². The molecular formula is C14H14Cl2N2O4S2. The van der Waals surface area contributed by atoms with Crippen molar-refractivity contribution < 1.29 is 16.8 Å². The Kier molecular flexibility index (Phi) is 5.46. The van der Waals surface area contributed by atoms with Crippen LogP contribution in [0.25, 0.3) is 0 Å². The lowest BCUT2D eigenvalue weighted by Gasteiger charge is -2.12. The van der Waals surface area contributed by atoms with E-state index < -0.39 is 20.0 Å². The van der Waals surface area contributed by atoms with Gasteiger partial charge in [-0.25, -0.2) is 21.6 Å². The van der Waals surface area contributed by atoms with Gasteiger partial charge in [0.2, 0.25) is 10.0 Å². The standard InChI is InChI=1S/C14H14Cl2N2O4S2/c1-9-3-4-12(8-14(9)24(21,22)17-2)18-23(19,20)13-6-10(15)5-11(16)7-13/h3-8,17-18H,1-2H3. The molecule has 24 heavy (non-hydrogen) atoms. The third kappa shape index (κ3) is 4.20. The Morgan fingerprint density at radius 3 is 2.00 bits per heavy atom. The van der Waals surface area contributed by atoms with Gasteiger partial charge in [0, 0.05) is 10.0 Å². The van der Waals surface area contributed by atoms with Crippen LogP contribution in [0.15, 0.2) is 46.2 Å². The summed E-state index contributed by atoms with van der Waals surface area (Å²) in [6, 6.07) is 8.11. The van der Waals surface area contributed by atoms with Crippen molar-refractivity contribution in [2.24, 2.45) is 0 Å². The van der Waals surface area contributed by atoms with Gasteiger partial charge in [-0.3, -0.25) is 4.72 Å². The molecule has 0 saturated heterocycles. The number of nitrogens with one attached hydrogen (secondary N) is 2. The van der Waals surface area contributed by atoms with Crippen molar-refractivity contribution in [2.75, 3.05) is 11.8 Å². The average molecular weight is 409 g/mol. The summed E-state index contributed by atoms with van der Waals surface area (Å²) in [5.41, 5.74) is 0.587. The van der Waals surface area contributed by atoms with Crippen LogP contribution in [0, 0.1) is 6.92 Å². The average Bonchev–Trinajstić information content (AvgIpc) is 2.48. The van der Waals surface area contributed by atoms with Crippen LogP contribution in [0.5, 0.6) is 0 Å². The first kappa shape index (κ1) is 19.0. The van der Waals surface area contributed by atoms with Crippen LogP contribution < -0.4 is 9.44 Å². The molecule has 0 spiro atoms. The van der Waals surface area contributed by atoms with Gasteiger partial charge in [-0.15, -0.1) is 0 Å². The summed E-state index contributed by atoms with van der Waals surface area (Å²) in [5.74, 6) is 0. The van der Waals surface area contributed by atoms with Crippen LogP contribution in [-0.4, -0.2) is 23.9 Å². The summed E-state index contributed by atoms with van der Waals surface area (Å²) in [6.07, 6.45) is 0. The van der Waals surface area contributed by atoms with E-state index in [0.29, 0.717) is 5.56 Å². The highest BCUT2D eigenvalue weighted by atomic mass is 35.5. The van der Waals surface area contributed by atoms with E-state index in [0.717, 1.165) is 0 Å². The molecule has 2 rings (SSSR count). The number of hydrogen-bond donors (Lipinski definition) is 2. The van der Waals surface area contributed by atoms with E-state index in [4.69, 9.17) is 23.2 Å². The van der Waals surface area contributed by atoms with Crippen LogP contribution >= 0.6 is 23.2 Å². The number of benzene rings is 2. The molecule has 0 fully saturated rings. The predicted molar refractivity (Wildman–Crippen MR) is 94.7 cm³/mol. The first-order valence-electron chi connectivity index (χ1n) is 6.58. The van der Waals surface area contributed by atoms with E-state index in [2.05, 4.69) is 9.44 Å². The number of halogens is 2. The SMILES string of the molecule is CNS(=O)(=O)c1cc(NS(=O)(=O)c2cc(Cl)cc(Cl)c2)ccc1C. The van der Waals surface area contributed by atoms with Crippen molar-refractivity contribution in [2.45, 2.75) is 16.7 Å². The van der Waals surface area contributed by atoms with Crippen molar-refractivity contribution in [1.82, 2.24) is 4.72 Å². The first-order valence-corrected chi connectivity index (χ1v) is 10.3. The lowest BCUT2D eigenvalue weighted by atomic mass is 10.2. The molecule has 0 unspecified atom stereocenters. The van der Waals surface area contributed by atoms with E-state index >= 15 is 0 Å². The van der Waals surface area contributed by atoms with E-state index in [-0.39, 0.29) is 25.5 Å². The van der Waals surface area contributed by atoms with Gasteiger partial charge >= 0.3 is 0 Å². The minimum absolute atomic E-state index is 0.0191. The highest BCUT2D eigenvalue weighted by Crippen LogP contribution is 2.26. The molecule has 0 saturated carbocycles. The second-order valence-corrected chi connectivity index (χ2v) is 9.31. The van der Waals surface area contributed by atoms with E-state index in [1.54, 1.807) is 6.92 Å². The van der Waals surface area contributed by atoms with Gasteiger partial charge in [-0.2, -0.15) is 0 Å². The fourth-order valence-corrected chi connectivity index (χ4v) is 4.73. The van der Waals surface area contributed by atoms with Crippen LogP contribution in [0.2, 0.25) is 10.0 Å². The molecule has 0 bridgehead atoms. The number of aryl methyl sites for hydroxylation is 1. The first-order chi connectivity index (χ1) is 11.0. The van der Waals surface area contributed by atoms with Crippen LogP contribution in [0.3, 0.4) is 0 Å². The molecule has 0 amide bonds. The van der Waals surface area contributed by atoms with Gasteiger partial charge in [0.05, 0.1) is 15.5 Å². The molecule has 0 aliphatic rings. The van der Waals surface area contributed by atoms with E-state index in [9.17, 15) is 16.8 Å². The monoisotopic (exact) mass is 408 g/mol. The smallest absolute Gasteiger partial charge is 0.261 e. The van der Waals surface area contributed by atoms with Gasteiger partial charge in [0.25, 0.3) is 10.0 Å². The Bertz CT molecular complexity index is 970. The van der Waals surface area contributed by atoms with Crippen molar-refractivity contribution in [3.05, 3.63) is 52.0 Å².